The predicted molar refractivity (Wildman–Crippen MR) is 60.2 cm³/mol. The van der Waals surface area contributed by atoms with E-state index in [1.165, 1.54) is 0 Å². The Bertz CT molecular complexity index is 471. The van der Waals surface area contributed by atoms with Gasteiger partial charge in [0.2, 0.25) is 5.89 Å². The molecule has 2 rings (SSSR count). The van der Waals surface area contributed by atoms with Crippen molar-refractivity contribution >= 4 is 17.6 Å². The number of halogens is 1. The molecule has 2 aromatic heterocycles. The van der Waals surface area contributed by atoms with Crippen molar-refractivity contribution in [3.05, 3.63) is 35.5 Å². The summed E-state index contributed by atoms with van der Waals surface area (Å²) in [5.41, 5.74) is 2.07. The number of aromatic nitrogens is 3. The van der Waals surface area contributed by atoms with E-state index in [0.29, 0.717) is 18.5 Å². The zero-order valence-electron chi connectivity index (χ0n) is 8.77. The highest BCUT2D eigenvalue weighted by Gasteiger charge is 2.05. The van der Waals surface area contributed by atoms with Crippen LogP contribution in [-0.2, 0) is 12.4 Å². The third-order valence-electron chi connectivity index (χ3n) is 2.11. The van der Waals surface area contributed by atoms with Crippen LogP contribution >= 0.6 is 11.6 Å². The molecule has 2 aromatic rings. The van der Waals surface area contributed by atoms with Gasteiger partial charge in [-0.15, -0.1) is 16.7 Å². The number of hydrogen-bond acceptors (Lipinski definition) is 5. The minimum Gasteiger partial charge on any atom is -0.407 e. The molecule has 6 heteroatoms. The summed E-state index contributed by atoms with van der Waals surface area (Å²) in [6.07, 6.45) is 1.75. The average Bonchev–Trinajstić information content (AvgIpc) is 2.76. The third kappa shape index (κ3) is 2.49. The molecule has 0 aliphatic rings. The van der Waals surface area contributed by atoms with Gasteiger partial charge in [-0.25, -0.2) is 0 Å². The van der Waals surface area contributed by atoms with Crippen molar-refractivity contribution in [3.8, 4) is 0 Å². The molecule has 0 atom stereocenters. The topological polar surface area (TPSA) is 63.8 Å². The van der Waals surface area contributed by atoms with Crippen LogP contribution in [0, 0.1) is 6.92 Å². The molecule has 0 aliphatic carbocycles. The molecule has 16 heavy (non-hydrogen) atoms. The van der Waals surface area contributed by atoms with Gasteiger partial charge in [0.1, 0.15) is 5.88 Å². The highest BCUT2D eigenvalue weighted by Crippen LogP contribution is 2.10. The van der Waals surface area contributed by atoms with E-state index >= 15 is 0 Å². The second-order valence-corrected chi connectivity index (χ2v) is 3.52. The molecule has 84 valence electrons. The monoisotopic (exact) mass is 238 g/mol. The number of nitrogens with zero attached hydrogens (tertiary/aromatic N) is 3. The lowest BCUT2D eigenvalue weighted by atomic mass is 10.2. The normalized spacial score (nSPS) is 10.4. The smallest absolute Gasteiger partial charge is 0.315 e. The summed E-state index contributed by atoms with van der Waals surface area (Å²) in [6, 6.07) is 4.26. The molecule has 0 amide bonds. The van der Waals surface area contributed by atoms with Gasteiger partial charge in [-0.3, -0.25) is 4.98 Å². The van der Waals surface area contributed by atoms with E-state index in [4.69, 9.17) is 16.0 Å². The van der Waals surface area contributed by atoms with Crippen LogP contribution in [0.5, 0.6) is 0 Å². The average molecular weight is 239 g/mol. The molecule has 0 fully saturated rings. The fourth-order valence-electron chi connectivity index (χ4n) is 1.24. The maximum atomic E-state index is 5.55. The number of anilines is 1. The summed E-state index contributed by atoms with van der Waals surface area (Å²) in [4.78, 5) is 4.24. The number of hydrogen-bond donors (Lipinski definition) is 1. The number of rotatable bonds is 4. The Balaban J connectivity index is 1.99. The van der Waals surface area contributed by atoms with Crippen molar-refractivity contribution in [1.82, 2.24) is 15.2 Å². The van der Waals surface area contributed by atoms with Crippen LogP contribution in [0.25, 0.3) is 0 Å². The van der Waals surface area contributed by atoms with E-state index in [1.807, 2.05) is 19.1 Å². The van der Waals surface area contributed by atoms with E-state index < -0.39 is 0 Å². The fraction of sp³-hybridized carbons (Fsp3) is 0.300. The largest absolute Gasteiger partial charge is 0.407 e. The molecule has 0 radical (unpaired) electrons. The summed E-state index contributed by atoms with van der Waals surface area (Å²) in [6.45, 7) is 2.55. The van der Waals surface area contributed by atoms with Crippen molar-refractivity contribution in [2.24, 2.45) is 0 Å². The van der Waals surface area contributed by atoms with Crippen LogP contribution in [-0.4, -0.2) is 15.2 Å². The Morgan fingerprint density at radius 1 is 1.44 bits per heavy atom. The van der Waals surface area contributed by atoms with Crippen LogP contribution in [0.2, 0.25) is 0 Å². The highest BCUT2D eigenvalue weighted by atomic mass is 35.5. The second-order valence-electron chi connectivity index (χ2n) is 3.26. The third-order valence-corrected chi connectivity index (χ3v) is 2.33. The van der Waals surface area contributed by atoms with Crippen LogP contribution in [0.1, 0.15) is 17.1 Å². The zero-order valence-corrected chi connectivity index (χ0v) is 9.53. The van der Waals surface area contributed by atoms with Gasteiger partial charge >= 0.3 is 6.01 Å². The van der Waals surface area contributed by atoms with Gasteiger partial charge in [0.05, 0.1) is 12.2 Å². The fourth-order valence-corrected chi connectivity index (χ4v) is 1.35. The molecule has 0 saturated carbocycles. The molecular weight excluding hydrogens is 228 g/mol. The molecule has 0 aromatic carbocycles. The van der Waals surface area contributed by atoms with Crippen LogP contribution in [0.4, 0.5) is 6.01 Å². The maximum Gasteiger partial charge on any atom is 0.315 e. The summed E-state index contributed by atoms with van der Waals surface area (Å²) in [5.74, 6) is 0.624. The van der Waals surface area contributed by atoms with Gasteiger partial charge in [0.15, 0.2) is 0 Å². The van der Waals surface area contributed by atoms with Crippen molar-refractivity contribution in [1.29, 1.82) is 0 Å². The maximum absolute atomic E-state index is 5.55. The second kappa shape index (κ2) is 4.94. The number of aryl methyl sites for hydroxylation is 1. The van der Waals surface area contributed by atoms with E-state index in [-0.39, 0.29) is 5.88 Å². The van der Waals surface area contributed by atoms with Crippen molar-refractivity contribution in [2.75, 3.05) is 5.32 Å². The lowest BCUT2D eigenvalue weighted by Crippen LogP contribution is -2.03. The molecule has 5 nitrogen and oxygen atoms in total. The lowest BCUT2D eigenvalue weighted by Gasteiger charge is -2.03. The van der Waals surface area contributed by atoms with Crippen molar-refractivity contribution in [3.63, 3.8) is 0 Å². The molecule has 0 spiro atoms. The quantitative estimate of drug-likeness (QED) is 0.827. The Morgan fingerprint density at radius 2 is 2.31 bits per heavy atom. The van der Waals surface area contributed by atoms with Gasteiger partial charge in [0.25, 0.3) is 0 Å². The zero-order chi connectivity index (χ0) is 11.4. The van der Waals surface area contributed by atoms with Crippen LogP contribution in [0.15, 0.2) is 22.7 Å². The minimum atomic E-state index is 0.220. The van der Waals surface area contributed by atoms with E-state index in [2.05, 4.69) is 20.5 Å². The summed E-state index contributed by atoms with van der Waals surface area (Å²) >= 11 is 5.55. The van der Waals surface area contributed by atoms with Crippen molar-refractivity contribution < 1.29 is 4.42 Å². The lowest BCUT2D eigenvalue weighted by molar-refractivity contribution is 0.525. The van der Waals surface area contributed by atoms with Gasteiger partial charge in [-0.2, -0.15) is 0 Å². The first-order valence-electron chi connectivity index (χ1n) is 4.82. The van der Waals surface area contributed by atoms with Crippen molar-refractivity contribution in [2.45, 2.75) is 19.3 Å². The van der Waals surface area contributed by atoms with E-state index in [0.717, 1.165) is 11.3 Å². The summed E-state index contributed by atoms with van der Waals surface area (Å²) in [7, 11) is 0. The highest BCUT2D eigenvalue weighted by molar-refractivity contribution is 6.16. The van der Waals surface area contributed by atoms with Gasteiger partial charge in [0, 0.05) is 6.20 Å². The SMILES string of the molecule is Cc1cccnc1CNc1nnc(CCl)o1. The minimum absolute atomic E-state index is 0.220. The van der Waals surface area contributed by atoms with Crippen LogP contribution in [0.3, 0.4) is 0 Å². The summed E-state index contributed by atoms with van der Waals surface area (Å²) < 4.78 is 5.20. The first-order chi connectivity index (χ1) is 7.79. The molecule has 0 unspecified atom stereocenters. The molecule has 0 bridgehead atoms. The van der Waals surface area contributed by atoms with E-state index in [9.17, 15) is 0 Å². The molecule has 0 aliphatic heterocycles. The number of nitrogens with one attached hydrogen (secondary N) is 1. The van der Waals surface area contributed by atoms with Gasteiger partial charge in [-0.05, 0) is 18.6 Å². The Hall–Kier alpha value is -1.62. The van der Waals surface area contributed by atoms with Gasteiger partial charge in [-0.1, -0.05) is 11.2 Å². The summed E-state index contributed by atoms with van der Waals surface area (Å²) in [5, 5.41) is 10.5. The standard InChI is InChI=1S/C10H11ClN4O/c1-7-3-2-4-12-8(7)6-13-10-15-14-9(5-11)16-10/h2-4H,5-6H2,1H3,(H,13,15). The van der Waals surface area contributed by atoms with Crippen LogP contribution < -0.4 is 5.32 Å². The Morgan fingerprint density at radius 3 is 3.00 bits per heavy atom. The molecule has 2 heterocycles. The number of alkyl halides is 1. The predicted octanol–water partition coefficient (Wildman–Crippen LogP) is 2.12. The molecular formula is C10H11ClN4O. The molecule has 1 N–H and O–H groups in total. The first-order valence-corrected chi connectivity index (χ1v) is 5.36. The molecule has 0 saturated heterocycles. The van der Waals surface area contributed by atoms with Gasteiger partial charge < -0.3 is 9.73 Å². The Kier molecular flexibility index (Phi) is 3.36. The van der Waals surface area contributed by atoms with E-state index in [1.54, 1.807) is 6.20 Å². The first kappa shape index (κ1) is 10.9. The number of pyridine rings is 1. The Labute approximate surface area is 97.9 Å².